The van der Waals surface area contributed by atoms with Crippen molar-refractivity contribution in [3.05, 3.63) is 0 Å². The third-order valence-corrected chi connectivity index (χ3v) is 3.79. The summed E-state index contributed by atoms with van der Waals surface area (Å²) in [6.45, 7) is 8.93. The molecule has 17 heavy (non-hydrogen) atoms. The van der Waals surface area contributed by atoms with Crippen LogP contribution >= 0.6 is 0 Å². The summed E-state index contributed by atoms with van der Waals surface area (Å²) in [5.74, 6) is 0.859. The van der Waals surface area contributed by atoms with Crippen LogP contribution in [-0.2, 0) is 9.84 Å². The van der Waals surface area contributed by atoms with Crippen LogP contribution in [0.3, 0.4) is 0 Å². The Labute approximate surface area is 107 Å². The second kappa shape index (κ2) is 6.74. The van der Waals surface area contributed by atoms with Crippen LogP contribution in [0.4, 0.5) is 0 Å². The molecule has 0 saturated heterocycles. The number of hydrogen-bond donors (Lipinski definition) is 1. The fourth-order valence-corrected chi connectivity index (χ4v) is 3.06. The zero-order chi connectivity index (χ0) is 13.7. The monoisotopic (exact) mass is 263 g/mol. The van der Waals surface area contributed by atoms with Crippen molar-refractivity contribution in [2.75, 3.05) is 12.0 Å². The van der Waals surface area contributed by atoms with Gasteiger partial charge in [0, 0.05) is 18.1 Å². The first-order valence-electron chi connectivity index (χ1n) is 6.43. The summed E-state index contributed by atoms with van der Waals surface area (Å²) in [5.41, 5.74) is 6.37. The van der Waals surface area contributed by atoms with Gasteiger partial charge in [-0.1, -0.05) is 27.7 Å². The van der Waals surface area contributed by atoms with Gasteiger partial charge in [0.15, 0.2) is 0 Å². The van der Waals surface area contributed by atoms with E-state index in [1.54, 1.807) is 0 Å². The van der Waals surface area contributed by atoms with E-state index in [-0.39, 0.29) is 11.8 Å². The minimum atomic E-state index is -2.83. The molecule has 4 heteroatoms. The molecular weight excluding hydrogens is 234 g/mol. The molecule has 0 radical (unpaired) electrons. The quantitative estimate of drug-likeness (QED) is 0.768. The van der Waals surface area contributed by atoms with E-state index in [9.17, 15) is 8.42 Å². The van der Waals surface area contributed by atoms with Gasteiger partial charge in [0.05, 0.1) is 0 Å². The Balaban J connectivity index is 3.83. The van der Waals surface area contributed by atoms with Gasteiger partial charge in [-0.25, -0.2) is 8.42 Å². The summed E-state index contributed by atoms with van der Waals surface area (Å²) < 4.78 is 22.0. The van der Waals surface area contributed by atoms with E-state index in [1.165, 1.54) is 6.26 Å². The van der Waals surface area contributed by atoms with Crippen LogP contribution in [0.2, 0.25) is 0 Å². The first-order valence-corrected chi connectivity index (χ1v) is 8.49. The van der Waals surface area contributed by atoms with E-state index < -0.39 is 9.84 Å². The highest BCUT2D eigenvalue weighted by atomic mass is 32.2. The summed E-state index contributed by atoms with van der Waals surface area (Å²) in [7, 11) is -2.83. The summed E-state index contributed by atoms with van der Waals surface area (Å²) >= 11 is 0. The van der Waals surface area contributed by atoms with Gasteiger partial charge < -0.3 is 5.73 Å². The Morgan fingerprint density at radius 3 is 2.18 bits per heavy atom. The molecule has 0 aromatic carbocycles. The minimum Gasteiger partial charge on any atom is -0.328 e. The zero-order valence-corrected chi connectivity index (χ0v) is 12.8. The second-order valence-electron chi connectivity index (χ2n) is 6.64. The van der Waals surface area contributed by atoms with Gasteiger partial charge in [-0.3, -0.25) is 0 Å². The van der Waals surface area contributed by atoms with Crippen LogP contribution in [0.15, 0.2) is 0 Å². The average molecular weight is 263 g/mol. The van der Waals surface area contributed by atoms with E-state index in [1.807, 2.05) is 0 Å². The lowest BCUT2D eigenvalue weighted by atomic mass is 9.82. The molecule has 0 aliphatic heterocycles. The highest BCUT2D eigenvalue weighted by molar-refractivity contribution is 7.90. The predicted octanol–water partition coefficient (Wildman–Crippen LogP) is 2.60. The van der Waals surface area contributed by atoms with Crippen molar-refractivity contribution >= 4 is 9.84 Å². The van der Waals surface area contributed by atoms with Crippen LogP contribution in [0, 0.1) is 11.3 Å². The maximum absolute atomic E-state index is 11.0. The van der Waals surface area contributed by atoms with E-state index in [2.05, 4.69) is 27.7 Å². The van der Waals surface area contributed by atoms with Crippen molar-refractivity contribution in [2.24, 2.45) is 17.1 Å². The van der Waals surface area contributed by atoms with Crippen molar-refractivity contribution in [3.8, 4) is 0 Å². The van der Waals surface area contributed by atoms with Gasteiger partial charge in [0.2, 0.25) is 0 Å². The molecule has 0 spiro atoms. The molecule has 3 nitrogen and oxygen atoms in total. The normalized spacial score (nSPS) is 16.8. The van der Waals surface area contributed by atoms with Crippen LogP contribution in [-0.4, -0.2) is 26.5 Å². The molecule has 0 aromatic rings. The average Bonchev–Trinajstić information content (AvgIpc) is 1.96. The van der Waals surface area contributed by atoms with Crippen LogP contribution in [0.25, 0.3) is 0 Å². The van der Waals surface area contributed by atoms with Gasteiger partial charge in [-0.2, -0.15) is 0 Å². The molecule has 0 aliphatic rings. The molecule has 0 fully saturated rings. The first kappa shape index (κ1) is 16.9. The van der Waals surface area contributed by atoms with E-state index in [0.29, 0.717) is 17.8 Å². The van der Waals surface area contributed by atoms with Crippen LogP contribution in [0.5, 0.6) is 0 Å². The van der Waals surface area contributed by atoms with Gasteiger partial charge in [-0.15, -0.1) is 0 Å². The van der Waals surface area contributed by atoms with E-state index in [0.717, 1.165) is 19.3 Å². The Bertz CT molecular complexity index is 304. The molecule has 2 N–H and O–H groups in total. The van der Waals surface area contributed by atoms with Crippen molar-refractivity contribution < 1.29 is 8.42 Å². The third-order valence-electron chi connectivity index (χ3n) is 2.76. The number of sulfone groups is 1. The molecule has 104 valence electrons. The SMILES string of the molecule is CC(CC(N)CCCS(C)(=O)=O)CC(C)(C)C. The zero-order valence-electron chi connectivity index (χ0n) is 12.0. The standard InChI is InChI=1S/C13H29NO2S/c1-11(10-13(2,3)4)9-12(14)7-6-8-17(5,15)16/h11-12H,6-10,14H2,1-5H3. The highest BCUT2D eigenvalue weighted by Gasteiger charge is 2.17. The van der Waals surface area contributed by atoms with Crippen molar-refractivity contribution in [1.82, 2.24) is 0 Å². The maximum atomic E-state index is 11.0. The lowest BCUT2D eigenvalue weighted by Gasteiger charge is -2.25. The smallest absolute Gasteiger partial charge is 0.147 e. The Hall–Kier alpha value is -0.0900. The number of hydrogen-bond acceptors (Lipinski definition) is 3. The number of rotatable bonds is 7. The molecule has 2 atom stereocenters. The fraction of sp³-hybridized carbons (Fsp3) is 1.00. The molecule has 0 heterocycles. The highest BCUT2D eigenvalue weighted by Crippen LogP contribution is 2.26. The van der Waals surface area contributed by atoms with Gasteiger partial charge in [0.1, 0.15) is 9.84 Å². The molecular formula is C13H29NO2S. The second-order valence-corrected chi connectivity index (χ2v) is 8.90. The fourth-order valence-electron chi connectivity index (χ4n) is 2.37. The summed E-state index contributed by atoms with van der Waals surface area (Å²) in [6, 6.07) is 0.133. The summed E-state index contributed by atoms with van der Waals surface area (Å²) in [5, 5.41) is 0. The maximum Gasteiger partial charge on any atom is 0.147 e. The van der Waals surface area contributed by atoms with E-state index in [4.69, 9.17) is 5.73 Å². The molecule has 0 aliphatic carbocycles. The summed E-state index contributed by atoms with van der Waals surface area (Å²) in [4.78, 5) is 0. The van der Waals surface area contributed by atoms with Crippen LogP contribution < -0.4 is 5.73 Å². The van der Waals surface area contributed by atoms with Gasteiger partial charge in [-0.05, 0) is 37.0 Å². The Kier molecular flexibility index (Phi) is 6.70. The Morgan fingerprint density at radius 1 is 1.24 bits per heavy atom. The largest absolute Gasteiger partial charge is 0.328 e. The molecule has 0 rings (SSSR count). The Morgan fingerprint density at radius 2 is 1.76 bits per heavy atom. The molecule has 0 saturated carbocycles. The van der Waals surface area contributed by atoms with E-state index >= 15 is 0 Å². The molecule has 2 unspecified atom stereocenters. The third kappa shape index (κ3) is 12.2. The lowest BCUT2D eigenvalue weighted by Crippen LogP contribution is -2.25. The first-order chi connectivity index (χ1) is 7.49. The molecule has 0 amide bonds. The molecule has 0 bridgehead atoms. The van der Waals surface area contributed by atoms with Gasteiger partial charge >= 0.3 is 0 Å². The predicted molar refractivity (Wildman–Crippen MR) is 74.8 cm³/mol. The number of nitrogens with two attached hydrogens (primary N) is 1. The lowest BCUT2D eigenvalue weighted by molar-refractivity contribution is 0.283. The van der Waals surface area contributed by atoms with Gasteiger partial charge in [0.25, 0.3) is 0 Å². The van der Waals surface area contributed by atoms with Crippen molar-refractivity contribution in [3.63, 3.8) is 0 Å². The summed E-state index contributed by atoms with van der Waals surface area (Å²) in [6.07, 6.45) is 4.92. The van der Waals surface area contributed by atoms with Crippen LogP contribution in [0.1, 0.15) is 53.4 Å². The minimum absolute atomic E-state index is 0.133. The van der Waals surface area contributed by atoms with Crippen molar-refractivity contribution in [1.29, 1.82) is 0 Å². The topological polar surface area (TPSA) is 60.2 Å². The van der Waals surface area contributed by atoms with Crippen molar-refractivity contribution in [2.45, 2.75) is 59.4 Å². The molecule has 0 aromatic heterocycles.